The van der Waals surface area contributed by atoms with Gasteiger partial charge in [0.05, 0.1) is 5.60 Å². The monoisotopic (exact) mass is 222 g/mol. The molecule has 0 bridgehead atoms. The van der Waals surface area contributed by atoms with Gasteiger partial charge in [0.1, 0.15) is 0 Å². The molecule has 1 nitrogen and oxygen atoms in total. The Labute approximate surface area is 99.9 Å². The second-order valence-corrected chi connectivity index (χ2v) is 6.73. The van der Waals surface area contributed by atoms with Crippen molar-refractivity contribution in [2.75, 3.05) is 0 Å². The lowest BCUT2D eigenvalue weighted by Gasteiger charge is -2.54. The average Bonchev–Trinajstić information content (AvgIpc) is 2.15. The number of aliphatic hydroxyl groups is 1. The van der Waals surface area contributed by atoms with Crippen LogP contribution in [0.5, 0.6) is 0 Å². The molecule has 92 valence electrons. The summed E-state index contributed by atoms with van der Waals surface area (Å²) in [4.78, 5) is 0. The van der Waals surface area contributed by atoms with Crippen molar-refractivity contribution >= 4 is 0 Å². The fraction of sp³-hybridized carbons (Fsp3) is 0.867. The first-order valence-corrected chi connectivity index (χ1v) is 6.73. The Kier molecular flexibility index (Phi) is 2.94. The Morgan fingerprint density at radius 2 is 1.94 bits per heavy atom. The van der Waals surface area contributed by atoms with Crippen LogP contribution in [0.3, 0.4) is 0 Å². The smallest absolute Gasteiger partial charge is 0.0653 e. The standard InChI is InChI=1S/C15H26O/c1-11(2)12-6-9-14(3)7-5-8-15(4,16)13(14)10-12/h12-13,16H,1,5-10H2,2-4H3/t12-,13-,14+,15+/m0/s1. The summed E-state index contributed by atoms with van der Waals surface area (Å²) in [6, 6.07) is 0. The zero-order valence-corrected chi connectivity index (χ0v) is 11.1. The summed E-state index contributed by atoms with van der Waals surface area (Å²) in [6.07, 6.45) is 7.17. The van der Waals surface area contributed by atoms with Crippen LogP contribution in [0, 0.1) is 17.3 Å². The molecule has 0 radical (unpaired) electrons. The Morgan fingerprint density at radius 1 is 1.25 bits per heavy atom. The van der Waals surface area contributed by atoms with Crippen molar-refractivity contribution in [1.29, 1.82) is 0 Å². The van der Waals surface area contributed by atoms with Crippen LogP contribution in [-0.2, 0) is 0 Å². The third kappa shape index (κ3) is 1.95. The molecule has 0 aromatic heterocycles. The molecule has 0 aliphatic heterocycles. The Bertz CT molecular complexity index is 292. The van der Waals surface area contributed by atoms with Gasteiger partial charge < -0.3 is 5.11 Å². The molecule has 4 atom stereocenters. The highest BCUT2D eigenvalue weighted by molar-refractivity contribution is 5.07. The molecule has 0 unspecified atom stereocenters. The van der Waals surface area contributed by atoms with Crippen molar-refractivity contribution in [3.63, 3.8) is 0 Å². The van der Waals surface area contributed by atoms with Gasteiger partial charge in [-0.25, -0.2) is 0 Å². The van der Waals surface area contributed by atoms with E-state index in [4.69, 9.17) is 0 Å². The number of hydrogen-bond acceptors (Lipinski definition) is 1. The maximum Gasteiger partial charge on any atom is 0.0653 e. The number of allylic oxidation sites excluding steroid dienone is 1. The Morgan fingerprint density at radius 3 is 2.56 bits per heavy atom. The van der Waals surface area contributed by atoms with E-state index in [1.54, 1.807) is 0 Å². The van der Waals surface area contributed by atoms with E-state index in [0.29, 0.717) is 17.3 Å². The van der Waals surface area contributed by atoms with Crippen molar-refractivity contribution in [2.24, 2.45) is 17.3 Å². The fourth-order valence-electron chi connectivity index (χ4n) is 4.14. The fourth-order valence-corrected chi connectivity index (χ4v) is 4.14. The first-order chi connectivity index (χ1) is 7.35. The molecule has 1 heteroatoms. The molecule has 0 aromatic carbocycles. The van der Waals surface area contributed by atoms with Gasteiger partial charge in [-0.1, -0.05) is 25.5 Å². The highest BCUT2D eigenvalue weighted by atomic mass is 16.3. The first-order valence-electron chi connectivity index (χ1n) is 6.73. The zero-order valence-electron chi connectivity index (χ0n) is 11.1. The highest BCUT2D eigenvalue weighted by Gasteiger charge is 2.50. The molecule has 0 amide bonds. The van der Waals surface area contributed by atoms with Crippen molar-refractivity contribution in [3.05, 3.63) is 12.2 Å². The van der Waals surface area contributed by atoms with Crippen LogP contribution in [0.4, 0.5) is 0 Å². The molecule has 0 aromatic rings. The molecular weight excluding hydrogens is 196 g/mol. The normalized spacial score (nSPS) is 48.5. The van der Waals surface area contributed by atoms with E-state index in [1.807, 2.05) is 0 Å². The van der Waals surface area contributed by atoms with Crippen molar-refractivity contribution in [1.82, 2.24) is 0 Å². The lowest BCUT2D eigenvalue weighted by Crippen LogP contribution is -2.51. The van der Waals surface area contributed by atoms with E-state index in [-0.39, 0.29) is 0 Å². The molecule has 0 spiro atoms. The molecule has 0 heterocycles. The summed E-state index contributed by atoms with van der Waals surface area (Å²) < 4.78 is 0. The lowest BCUT2D eigenvalue weighted by molar-refractivity contribution is -0.120. The van der Waals surface area contributed by atoms with Crippen molar-refractivity contribution in [2.45, 2.75) is 64.9 Å². The van der Waals surface area contributed by atoms with Gasteiger partial charge in [0, 0.05) is 0 Å². The summed E-state index contributed by atoms with van der Waals surface area (Å²) in [6.45, 7) is 10.7. The summed E-state index contributed by atoms with van der Waals surface area (Å²) in [5.74, 6) is 1.12. The third-order valence-corrected chi connectivity index (χ3v) is 5.30. The van der Waals surface area contributed by atoms with E-state index < -0.39 is 5.60 Å². The second kappa shape index (κ2) is 3.87. The number of rotatable bonds is 1. The minimum atomic E-state index is -0.443. The van der Waals surface area contributed by atoms with E-state index in [2.05, 4.69) is 27.4 Å². The van der Waals surface area contributed by atoms with Crippen LogP contribution in [-0.4, -0.2) is 10.7 Å². The van der Waals surface area contributed by atoms with Crippen molar-refractivity contribution in [3.8, 4) is 0 Å². The van der Waals surface area contributed by atoms with Crippen LogP contribution in [0.1, 0.15) is 59.3 Å². The first kappa shape index (κ1) is 12.2. The van der Waals surface area contributed by atoms with E-state index in [9.17, 15) is 5.11 Å². The van der Waals surface area contributed by atoms with E-state index >= 15 is 0 Å². The summed E-state index contributed by atoms with van der Waals surface area (Å²) in [5.41, 5.74) is 1.25. The van der Waals surface area contributed by atoms with Gasteiger partial charge in [-0.2, -0.15) is 0 Å². The minimum absolute atomic E-state index is 0.383. The Balaban J connectivity index is 2.21. The third-order valence-electron chi connectivity index (χ3n) is 5.30. The van der Waals surface area contributed by atoms with Crippen LogP contribution in [0.2, 0.25) is 0 Å². The predicted octanol–water partition coefficient (Wildman–Crippen LogP) is 3.92. The number of fused-ring (bicyclic) bond motifs is 1. The quantitative estimate of drug-likeness (QED) is 0.667. The molecule has 2 rings (SSSR count). The van der Waals surface area contributed by atoms with Crippen LogP contribution in [0.15, 0.2) is 12.2 Å². The van der Waals surface area contributed by atoms with Gasteiger partial charge in [-0.05, 0) is 63.2 Å². The van der Waals surface area contributed by atoms with E-state index in [1.165, 1.54) is 31.3 Å². The van der Waals surface area contributed by atoms with Crippen molar-refractivity contribution < 1.29 is 5.11 Å². The van der Waals surface area contributed by atoms with Gasteiger partial charge in [0.2, 0.25) is 0 Å². The summed E-state index contributed by atoms with van der Waals surface area (Å²) in [7, 11) is 0. The van der Waals surface area contributed by atoms with Gasteiger partial charge in [0.15, 0.2) is 0 Å². The van der Waals surface area contributed by atoms with Crippen LogP contribution < -0.4 is 0 Å². The van der Waals surface area contributed by atoms with Gasteiger partial charge >= 0.3 is 0 Å². The topological polar surface area (TPSA) is 20.2 Å². The SMILES string of the molecule is C=C(C)[C@H]1CC[C@@]2(C)CCC[C@@](C)(O)[C@H]2C1. The maximum absolute atomic E-state index is 10.6. The molecule has 0 saturated heterocycles. The Hall–Kier alpha value is -0.300. The largest absolute Gasteiger partial charge is 0.390 e. The maximum atomic E-state index is 10.6. The zero-order chi connectivity index (χ0) is 12.0. The van der Waals surface area contributed by atoms with Gasteiger partial charge in [-0.3, -0.25) is 0 Å². The minimum Gasteiger partial charge on any atom is -0.390 e. The second-order valence-electron chi connectivity index (χ2n) is 6.73. The molecule has 2 aliphatic rings. The van der Waals surface area contributed by atoms with Gasteiger partial charge in [-0.15, -0.1) is 0 Å². The molecule has 2 fully saturated rings. The molecule has 2 aliphatic carbocycles. The summed E-state index contributed by atoms with van der Waals surface area (Å²) >= 11 is 0. The van der Waals surface area contributed by atoms with Crippen LogP contribution >= 0.6 is 0 Å². The van der Waals surface area contributed by atoms with Gasteiger partial charge in [0.25, 0.3) is 0 Å². The highest BCUT2D eigenvalue weighted by Crippen LogP contribution is 2.56. The number of hydrogen-bond donors (Lipinski definition) is 1. The van der Waals surface area contributed by atoms with E-state index in [0.717, 1.165) is 12.8 Å². The average molecular weight is 222 g/mol. The predicted molar refractivity (Wildman–Crippen MR) is 68.2 cm³/mol. The molecule has 16 heavy (non-hydrogen) atoms. The molecule has 1 N–H and O–H groups in total. The molecular formula is C15H26O. The van der Waals surface area contributed by atoms with Crippen LogP contribution in [0.25, 0.3) is 0 Å². The lowest BCUT2D eigenvalue weighted by atomic mass is 9.53. The molecule has 2 saturated carbocycles. The summed E-state index contributed by atoms with van der Waals surface area (Å²) in [5, 5.41) is 10.6.